The lowest BCUT2D eigenvalue weighted by Crippen LogP contribution is -2.55. The highest BCUT2D eigenvalue weighted by Crippen LogP contribution is 2.23. The smallest absolute Gasteiger partial charge is 0.272 e. The highest BCUT2D eigenvalue weighted by molar-refractivity contribution is 9.09. The van der Waals surface area contributed by atoms with E-state index in [-0.39, 0.29) is 17.6 Å². The zero-order valence-electron chi connectivity index (χ0n) is 12.5. The molecule has 112 valence electrons. The monoisotopic (exact) mass is 343 g/mol. The molecule has 0 saturated carbocycles. The van der Waals surface area contributed by atoms with E-state index >= 15 is 0 Å². The van der Waals surface area contributed by atoms with Gasteiger partial charge < -0.3 is 9.64 Å². The number of hydrogen-bond donors (Lipinski definition) is 0. The van der Waals surface area contributed by atoms with E-state index in [2.05, 4.69) is 21.0 Å². The number of rotatable bonds is 3. The minimum atomic E-state index is -0.321. The summed E-state index contributed by atoms with van der Waals surface area (Å²) >= 11 is 3.44. The largest absolute Gasteiger partial charge is 0.368 e. The third-order valence-electron chi connectivity index (χ3n) is 3.45. The minimum Gasteiger partial charge on any atom is -0.368 e. The molecule has 0 radical (unpaired) electrons. The molecule has 2 rings (SSSR count). The number of alkyl halides is 1. The van der Waals surface area contributed by atoms with Gasteiger partial charge in [0.1, 0.15) is 5.69 Å². The second-order valence-electron chi connectivity index (χ2n) is 5.84. The van der Waals surface area contributed by atoms with E-state index in [0.717, 1.165) is 17.4 Å². The molecule has 1 aromatic rings. The molecule has 1 aromatic heterocycles. The van der Waals surface area contributed by atoms with Gasteiger partial charge in [0.05, 0.1) is 17.4 Å². The highest BCUT2D eigenvalue weighted by Gasteiger charge is 2.36. The van der Waals surface area contributed by atoms with E-state index in [1.54, 1.807) is 4.68 Å². The van der Waals surface area contributed by atoms with E-state index in [9.17, 15) is 4.79 Å². The summed E-state index contributed by atoms with van der Waals surface area (Å²) in [4.78, 5) is 14.6. The van der Waals surface area contributed by atoms with Crippen molar-refractivity contribution in [2.24, 2.45) is 7.05 Å². The van der Waals surface area contributed by atoms with Crippen LogP contribution in [0.4, 0.5) is 0 Å². The average molecular weight is 344 g/mol. The van der Waals surface area contributed by atoms with Gasteiger partial charge in [-0.05, 0) is 26.3 Å². The number of aryl methyl sites for hydroxylation is 2. The summed E-state index contributed by atoms with van der Waals surface area (Å²) in [6.45, 7) is 7.28. The van der Waals surface area contributed by atoms with Crippen LogP contribution < -0.4 is 0 Å². The number of nitrogens with zero attached hydrogens (tertiary/aromatic N) is 3. The Hall–Kier alpha value is -0.880. The Morgan fingerprint density at radius 1 is 1.60 bits per heavy atom. The first kappa shape index (κ1) is 15.5. The summed E-state index contributed by atoms with van der Waals surface area (Å²) < 4.78 is 7.61. The molecule has 1 amide bonds. The summed E-state index contributed by atoms with van der Waals surface area (Å²) in [5.74, 6) is 0.0297. The molecule has 0 N–H and O–H groups in total. The summed E-state index contributed by atoms with van der Waals surface area (Å²) in [6.07, 6.45) is 0.862. The summed E-state index contributed by atoms with van der Waals surface area (Å²) in [5, 5.41) is 5.08. The number of hydrogen-bond acceptors (Lipinski definition) is 3. The molecule has 0 bridgehead atoms. The maximum Gasteiger partial charge on any atom is 0.272 e. The van der Waals surface area contributed by atoms with Crippen LogP contribution in [0.1, 0.15) is 37.0 Å². The number of amides is 1. The van der Waals surface area contributed by atoms with Crippen molar-refractivity contribution < 1.29 is 9.53 Å². The van der Waals surface area contributed by atoms with Crippen LogP contribution in [0.15, 0.2) is 6.07 Å². The van der Waals surface area contributed by atoms with Crippen LogP contribution in [-0.4, -0.2) is 50.7 Å². The van der Waals surface area contributed by atoms with Gasteiger partial charge in [-0.2, -0.15) is 5.10 Å². The van der Waals surface area contributed by atoms with Crippen molar-refractivity contribution in [2.75, 3.05) is 18.4 Å². The Kier molecular flexibility index (Phi) is 4.54. The van der Waals surface area contributed by atoms with Crippen LogP contribution in [0.3, 0.4) is 0 Å². The normalized spacial score (nSPS) is 22.1. The maximum absolute atomic E-state index is 12.7. The van der Waals surface area contributed by atoms with Crippen molar-refractivity contribution in [3.63, 3.8) is 0 Å². The molecule has 0 spiro atoms. The SMILES string of the molecule is CCc1cc(C(=O)N2CC(CBr)OC(C)(C)C2)n(C)n1. The van der Waals surface area contributed by atoms with Crippen molar-refractivity contribution in [1.82, 2.24) is 14.7 Å². The molecular formula is C14H22BrN3O2. The van der Waals surface area contributed by atoms with Gasteiger partial charge in [0, 0.05) is 25.5 Å². The van der Waals surface area contributed by atoms with Crippen molar-refractivity contribution >= 4 is 21.8 Å². The van der Waals surface area contributed by atoms with Gasteiger partial charge in [0.2, 0.25) is 0 Å². The summed E-state index contributed by atoms with van der Waals surface area (Å²) in [5.41, 5.74) is 1.27. The zero-order valence-corrected chi connectivity index (χ0v) is 14.1. The highest BCUT2D eigenvalue weighted by atomic mass is 79.9. The molecular weight excluding hydrogens is 322 g/mol. The molecule has 20 heavy (non-hydrogen) atoms. The van der Waals surface area contributed by atoms with Gasteiger partial charge in [-0.25, -0.2) is 0 Å². The summed E-state index contributed by atoms with van der Waals surface area (Å²) in [6, 6.07) is 1.88. The molecule has 6 heteroatoms. The first-order valence-electron chi connectivity index (χ1n) is 6.92. The summed E-state index contributed by atoms with van der Waals surface area (Å²) in [7, 11) is 1.82. The second kappa shape index (κ2) is 5.85. The fourth-order valence-corrected chi connectivity index (χ4v) is 2.93. The molecule has 0 aliphatic carbocycles. The lowest BCUT2D eigenvalue weighted by molar-refractivity contribution is -0.116. The molecule has 1 aliphatic heterocycles. The van der Waals surface area contributed by atoms with Gasteiger partial charge in [0.25, 0.3) is 5.91 Å². The first-order valence-corrected chi connectivity index (χ1v) is 8.04. The number of halogens is 1. The molecule has 5 nitrogen and oxygen atoms in total. The predicted octanol–water partition coefficient (Wildman–Crippen LogP) is 2.00. The second-order valence-corrected chi connectivity index (χ2v) is 6.49. The van der Waals surface area contributed by atoms with Crippen molar-refractivity contribution in [2.45, 2.75) is 38.9 Å². The van der Waals surface area contributed by atoms with Gasteiger partial charge in [-0.15, -0.1) is 0 Å². The van der Waals surface area contributed by atoms with Crippen molar-refractivity contribution in [1.29, 1.82) is 0 Å². The molecule has 1 saturated heterocycles. The molecule has 1 unspecified atom stereocenters. The van der Waals surface area contributed by atoms with E-state index in [1.807, 2.05) is 38.8 Å². The van der Waals surface area contributed by atoms with Crippen LogP contribution in [-0.2, 0) is 18.2 Å². The third kappa shape index (κ3) is 3.23. The quantitative estimate of drug-likeness (QED) is 0.788. The van der Waals surface area contributed by atoms with E-state index in [4.69, 9.17) is 4.74 Å². The Labute approximate surface area is 128 Å². The van der Waals surface area contributed by atoms with Gasteiger partial charge in [0.15, 0.2) is 0 Å². The Bertz CT molecular complexity index is 499. The van der Waals surface area contributed by atoms with Crippen molar-refractivity contribution in [3.8, 4) is 0 Å². The number of carbonyl (C=O) groups excluding carboxylic acids is 1. The fourth-order valence-electron chi connectivity index (χ4n) is 2.59. The van der Waals surface area contributed by atoms with Crippen LogP contribution in [0.2, 0.25) is 0 Å². The fraction of sp³-hybridized carbons (Fsp3) is 0.714. The molecule has 1 fully saturated rings. The Balaban J connectivity index is 2.21. The zero-order chi connectivity index (χ0) is 14.9. The number of aromatic nitrogens is 2. The van der Waals surface area contributed by atoms with Crippen LogP contribution >= 0.6 is 15.9 Å². The van der Waals surface area contributed by atoms with E-state index in [1.165, 1.54) is 0 Å². The topological polar surface area (TPSA) is 47.4 Å². The van der Waals surface area contributed by atoms with Gasteiger partial charge >= 0.3 is 0 Å². The van der Waals surface area contributed by atoms with Gasteiger partial charge in [-0.3, -0.25) is 9.48 Å². The lowest BCUT2D eigenvalue weighted by Gasteiger charge is -2.42. The number of carbonyl (C=O) groups is 1. The van der Waals surface area contributed by atoms with Crippen LogP contribution in [0.5, 0.6) is 0 Å². The van der Waals surface area contributed by atoms with Crippen LogP contribution in [0, 0.1) is 0 Å². The molecule has 1 atom stereocenters. The van der Waals surface area contributed by atoms with Crippen molar-refractivity contribution in [3.05, 3.63) is 17.5 Å². The van der Waals surface area contributed by atoms with Crippen LogP contribution in [0.25, 0.3) is 0 Å². The third-order valence-corrected chi connectivity index (χ3v) is 4.17. The Morgan fingerprint density at radius 3 is 2.85 bits per heavy atom. The predicted molar refractivity (Wildman–Crippen MR) is 81.2 cm³/mol. The maximum atomic E-state index is 12.7. The number of ether oxygens (including phenoxy) is 1. The molecule has 2 heterocycles. The lowest BCUT2D eigenvalue weighted by atomic mass is 10.1. The van der Waals surface area contributed by atoms with E-state index < -0.39 is 0 Å². The minimum absolute atomic E-state index is 0.0292. The molecule has 1 aliphatic rings. The first-order chi connectivity index (χ1) is 9.36. The molecule has 0 aromatic carbocycles. The average Bonchev–Trinajstić information content (AvgIpc) is 2.77. The Morgan fingerprint density at radius 2 is 2.30 bits per heavy atom. The number of morpholine rings is 1. The standard InChI is InChI=1S/C14H22BrN3O2/c1-5-10-6-12(17(4)16-10)13(19)18-8-11(7-15)20-14(2,3)9-18/h6,11H,5,7-9H2,1-4H3. The van der Waals surface area contributed by atoms with E-state index in [0.29, 0.717) is 18.8 Å². The van der Waals surface area contributed by atoms with Gasteiger partial charge in [-0.1, -0.05) is 22.9 Å².